The Morgan fingerprint density at radius 3 is 2.63 bits per heavy atom. The highest BCUT2D eigenvalue weighted by molar-refractivity contribution is 9.10. The summed E-state index contributed by atoms with van der Waals surface area (Å²) in [5.41, 5.74) is 1.20. The predicted octanol–water partition coefficient (Wildman–Crippen LogP) is 3.70. The molecule has 1 aromatic rings. The van der Waals surface area contributed by atoms with Gasteiger partial charge in [0.2, 0.25) is 0 Å². The molecule has 0 aromatic heterocycles. The van der Waals surface area contributed by atoms with E-state index >= 15 is 0 Å². The average molecular weight is 330 g/mol. The number of ether oxygens (including phenoxy) is 2. The largest absolute Gasteiger partial charge is 0.496 e. The van der Waals surface area contributed by atoms with E-state index in [4.69, 9.17) is 9.47 Å². The topological polar surface area (TPSA) is 21.7 Å². The lowest BCUT2D eigenvalue weighted by Crippen LogP contribution is -2.35. The molecule has 1 rings (SSSR count). The summed E-state index contributed by atoms with van der Waals surface area (Å²) in [6.45, 7) is 7.02. The fourth-order valence-corrected chi connectivity index (χ4v) is 2.42. The van der Waals surface area contributed by atoms with Gasteiger partial charge in [0.25, 0.3) is 0 Å². The zero-order chi connectivity index (χ0) is 14.3. The van der Waals surface area contributed by atoms with Crippen LogP contribution in [0.5, 0.6) is 5.75 Å². The van der Waals surface area contributed by atoms with Crippen molar-refractivity contribution in [3.8, 4) is 5.75 Å². The van der Waals surface area contributed by atoms with Crippen molar-refractivity contribution in [1.29, 1.82) is 0 Å². The quantitative estimate of drug-likeness (QED) is 0.725. The first-order chi connectivity index (χ1) is 9.12. The van der Waals surface area contributed by atoms with Gasteiger partial charge in [-0.15, -0.1) is 0 Å². The van der Waals surface area contributed by atoms with E-state index in [0.29, 0.717) is 6.04 Å². The summed E-state index contributed by atoms with van der Waals surface area (Å²) in [7, 11) is 3.46. The molecule has 0 aliphatic heterocycles. The molecule has 0 fully saturated rings. The van der Waals surface area contributed by atoms with Gasteiger partial charge in [-0.2, -0.15) is 0 Å². The first kappa shape index (κ1) is 16.5. The maximum Gasteiger partial charge on any atom is 0.123 e. The second-order valence-corrected chi connectivity index (χ2v) is 5.59. The SMILES string of the molecule is CCC(C)N(CCOC)Cc1cc(Br)ccc1OC. The van der Waals surface area contributed by atoms with Crippen LogP contribution in [-0.2, 0) is 11.3 Å². The maximum absolute atomic E-state index is 5.44. The molecule has 1 unspecified atom stereocenters. The molecule has 4 heteroatoms. The molecule has 0 aliphatic rings. The van der Waals surface area contributed by atoms with Crippen molar-refractivity contribution in [2.45, 2.75) is 32.9 Å². The van der Waals surface area contributed by atoms with Crippen molar-refractivity contribution >= 4 is 15.9 Å². The highest BCUT2D eigenvalue weighted by Crippen LogP contribution is 2.25. The molecule has 1 atom stereocenters. The van der Waals surface area contributed by atoms with Gasteiger partial charge in [0, 0.05) is 36.3 Å². The van der Waals surface area contributed by atoms with Gasteiger partial charge in [-0.1, -0.05) is 22.9 Å². The summed E-state index contributed by atoms with van der Waals surface area (Å²) in [6, 6.07) is 6.66. The molecule has 0 amide bonds. The number of halogens is 1. The van der Waals surface area contributed by atoms with Crippen molar-refractivity contribution in [1.82, 2.24) is 4.90 Å². The molecule has 0 saturated heterocycles. The van der Waals surface area contributed by atoms with Crippen LogP contribution < -0.4 is 4.74 Å². The van der Waals surface area contributed by atoms with Crippen LogP contribution in [0, 0.1) is 0 Å². The van der Waals surface area contributed by atoms with Crippen molar-refractivity contribution < 1.29 is 9.47 Å². The van der Waals surface area contributed by atoms with E-state index in [2.05, 4.69) is 40.7 Å². The van der Waals surface area contributed by atoms with Crippen LogP contribution in [0.25, 0.3) is 0 Å². The zero-order valence-corrected chi connectivity index (χ0v) is 13.9. The lowest BCUT2D eigenvalue weighted by molar-refractivity contribution is 0.117. The molecular weight excluding hydrogens is 306 g/mol. The number of rotatable bonds is 8. The Morgan fingerprint density at radius 2 is 2.05 bits per heavy atom. The van der Waals surface area contributed by atoms with Crippen molar-refractivity contribution in [2.75, 3.05) is 27.4 Å². The first-order valence-corrected chi connectivity index (χ1v) is 7.47. The molecule has 1 aromatic carbocycles. The number of benzene rings is 1. The molecule has 19 heavy (non-hydrogen) atoms. The van der Waals surface area contributed by atoms with Crippen LogP contribution in [0.4, 0.5) is 0 Å². The van der Waals surface area contributed by atoms with Gasteiger partial charge in [-0.25, -0.2) is 0 Å². The van der Waals surface area contributed by atoms with Crippen LogP contribution in [0.3, 0.4) is 0 Å². The third-order valence-corrected chi connectivity index (χ3v) is 3.91. The highest BCUT2D eigenvalue weighted by Gasteiger charge is 2.15. The molecule has 0 N–H and O–H groups in total. The minimum absolute atomic E-state index is 0.527. The maximum atomic E-state index is 5.44. The molecule has 3 nitrogen and oxygen atoms in total. The average Bonchev–Trinajstić information content (AvgIpc) is 2.42. The molecule has 0 heterocycles. The van der Waals surface area contributed by atoms with Gasteiger partial charge >= 0.3 is 0 Å². The fraction of sp³-hybridized carbons (Fsp3) is 0.600. The summed E-state index contributed by atoms with van der Waals surface area (Å²) in [6.07, 6.45) is 1.13. The van der Waals surface area contributed by atoms with Crippen LogP contribution in [0.1, 0.15) is 25.8 Å². The number of hydrogen-bond donors (Lipinski definition) is 0. The molecule has 108 valence electrons. The summed E-state index contributed by atoms with van der Waals surface area (Å²) in [5, 5.41) is 0. The smallest absolute Gasteiger partial charge is 0.123 e. The fourth-order valence-electron chi connectivity index (χ4n) is 2.01. The Balaban J connectivity index is 2.85. The van der Waals surface area contributed by atoms with E-state index in [0.717, 1.165) is 36.3 Å². The monoisotopic (exact) mass is 329 g/mol. The zero-order valence-electron chi connectivity index (χ0n) is 12.3. The molecule has 0 saturated carbocycles. The van der Waals surface area contributed by atoms with E-state index in [1.54, 1.807) is 14.2 Å². The lowest BCUT2D eigenvalue weighted by Gasteiger charge is -2.28. The summed E-state index contributed by atoms with van der Waals surface area (Å²) < 4.78 is 11.7. The van der Waals surface area contributed by atoms with Gasteiger partial charge in [-0.3, -0.25) is 4.90 Å². The predicted molar refractivity (Wildman–Crippen MR) is 82.7 cm³/mol. The van der Waals surface area contributed by atoms with E-state index in [9.17, 15) is 0 Å². The number of hydrogen-bond acceptors (Lipinski definition) is 3. The van der Waals surface area contributed by atoms with E-state index < -0.39 is 0 Å². The Hall–Kier alpha value is -0.580. The van der Waals surface area contributed by atoms with E-state index in [-0.39, 0.29) is 0 Å². The molecule has 0 bridgehead atoms. The summed E-state index contributed by atoms with van der Waals surface area (Å²) in [4.78, 5) is 2.42. The van der Waals surface area contributed by atoms with E-state index in [1.807, 2.05) is 12.1 Å². The second kappa shape index (κ2) is 8.56. The van der Waals surface area contributed by atoms with E-state index in [1.165, 1.54) is 5.56 Å². The Labute approximate surface area is 125 Å². The van der Waals surface area contributed by atoms with Crippen LogP contribution in [-0.4, -0.2) is 38.3 Å². The third kappa shape index (κ3) is 5.13. The van der Waals surface area contributed by atoms with Crippen molar-refractivity contribution in [2.24, 2.45) is 0 Å². The minimum Gasteiger partial charge on any atom is -0.496 e. The minimum atomic E-state index is 0.527. The molecule has 0 aliphatic carbocycles. The summed E-state index contributed by atoms with van der Waals surface area (Å²) >= 11 is 3.52. The highest BCUT2D eigenvalue weighted by atomic mass is 79.9. The van der Waals surface area contributed by atoms with Gasteiger partial charge in [0.1, 0.15) is 5.75 Å². The lowest BCUT2D eigenvalue weighted by atomic mass is 10.1. The second-order valence-electron chi connectivity index (χ2n) is 4.68. The third-order valence-electron chi connectivity index (χ3n) is 3.41. The van der Waals surface area contributed by atoms with Crippen molar-refractivity contribution in [3.63, 3.8) is 0 Å². The standard InChI is InChI=1S/C15H24BrNO2/c1-5-12(2)17(8-9-18-3)11-13-10-14(16)6-7-15(13)19-4/h6-7,10,12H,5,8-9,11H2,1-4H3. The van der Waals surface area contributed by atoms with Gasteiger partial charge in [-0.05, 0) is 31.5 Å². The van der Waals surface area contributed by atoms with Gasteiger partial charge in [0.15, 0.2) is 0 Å². The van der Waals surface area contributed by atoms with Crippen LogP contribution in [0.15, 0.2) is 22.7 Å². The van der Waals surface area contributed by atoms with Crippen LogP contribution >= 0.6 is 15.9 Å². The van der Waals surface area contributed by atoms with Crippen LogP contribution in [0.2, 0.25) is 0 Å². The molecular formula is C15H24BrNO2. The molecule has 0 spiro atoms. The number of methoxy groups -OCH3 is 2. The molecule has 0 radical (unpaired) electrons. The van der Waals surface area contributed by atoms with Gasteiger partial charge in [0.05, 0.1) is 13.7 Å². The summed E-state index contributed by atoms with van der Waals surface area (Å²) in [5.74, 6) is 0.939. The Kier molecular flexibility index (Phi) is 7.42. The Bertz CT molecular complexity index is 384. The van der Waals surface area contributed by atoms with Gasteiger partial charge < -0.3 is 9.47 Å². The van der Waals surface area contributed by atoms with Crippen molar-refractivity contribution in [3.05, 3.63) is 28.2 Å². The first-order valence-electron chi connectivity index (χ1n) is 6.67. The Morgan fingerprint density at radius 1 is 1.32 bits per heavy atom. The normalized spacial score (nSPS) is 12.7. The number of nitrogens with zero attached hydrogens (tertiary/aromatic N) is 1.